The highest BCUT2D eigenvalue weighted by Gasteiger charge is 2.35. The molecule has 3 heterocycles. The number of carbonyl (C=O) groups excluding carboxylic acids is 2. The first-order valence-electron chi connectivity index (χ1n) is 12.0. The average Bonchev–Trinajstić information content (AvgIpc) is 3.67. The maximum atomic E-state index is 13.3. The first kappa shape index (κ1) is 23.4. The SMILES string of the molecule is O=C(NC1CC1)N1CCCC(C(=O)N2CCc3c(cccc3Nc3ccc(C(F)(F)F)nc3)C2)C1. The van der Waals surface area contributed by atoms with E-state index in [0.717, 1.165) is 48.6 Å². The van der Waals surface area contributed by atoms with E-state index in [1.54, 1.807) is 4.90 Å². The molecule has 35 heavy (non-hydrogen) atoms. The first-order valence-corrected chi connectivity index (χ1v) is 12.0. The second-order valence-electron chi connectivity index (χ2n) is 9.52. The summed E-state index contributed by atoms with van der Waals surface area (Å²) in [6.07, 6.45) is 0.984. The monoisotopic (exact) mass is 487 g/mol. The highest BCUT2D eigenvalue weighted by molar-refractivity contribution is 5.81. The predicted octanol–water partition coefficient (Wildman–Crippen LogP) is 4.31. The molecule has 1 aromatic carbocycles. The molecule has 2 aliphatic heterocycles. The number of carbonyl (C=O) groups is 2. The zero-order valence-electron chi connectivity index (χ0n) is 19.3. The van der Waals surface area contributed by atoms with E-state index >= 15 is 0 Å². The van der Waals surface area contributed by atoms with Crippen LogP contribution in [0.25, 0.3) is 0 Å². The van der Waals surface area contributed by atoms with Gasteiger partial charge < -0.3 is 20.4 Å². The topological polar surface area (TPSA) is 77.6 Å². The number of amides is 3. The van der Waals surface area contributed by atoms with Crippen molar-refractivity contribution in [3.8, 4) is 0 Å². The molecule has 1 unspecified atom stereocenters. The zero-order chi connectivity index (χ0) is 24.6. The van der Waals surface area contributed by atoms with Gasteiger partial charge in [-0.3, -0.25) is 4.79 Å². The third-order valence-electron chi connectivity index (χ3n) is 6.87. The van der Waals surface area contributed by atoms with Gasteiger partial charge in [0.2, 0.25) is 5.91 Å². The molecule has 3 amide bonds. The molecule has 1 aliphatic carbocycles. The summed E-state index contributed by atoms with van der Waals surface area (Å²) in [5.41, 5.74) is 2.39. The van der Waals surface area contributed by atoms with Crippen molar-refractivity contribution in [2.75, 3.05) is 25.0 Å². The Kier molecular flexibility index (Phi) is 6.29. The lowest BCUT2D eigenvalue weighted by Gasteiger charge is -2.37. The van der Waals surface area contributed by atoms with Gasteiger partial charge in [-0.1, -0.05) is 12.1 Å². The number of likely N-dealkylation sites (tertiary alicyclic amines) is 1. The standard InChI is InChI=1S/C25H28F3N5O2/c26-25(27,28)22-9-8-19(13-29-22)30-21-5-1-3-16-14-32(12-10-20(16)21)23(34)17-4-2-11-33(15-17)24(35)31-18-6-7-18/h1,3,5,8-9,13,17-18,30H,2,4,6-7,10-12,14-15H2,(H,31,35). The molecule has 1 aromatic heterocycles. The van der Waals surface area contributed by atoms with E-state index < -0.39 is 11.9 Å². The van der Waals surface area contributed by atoms with Crippen LogP contribution < -0.4 is 10.6 Å². The normalized spacial score (nSPS) is 20.3. The van der Waals surface area contributed by atoms with Crippen LogP contribution in [0.4, 0.5) is 29.3 Å². The maximum Gasteiger partial charge on any atom is 0.433 e. The third kappa shape index (κ3) is 5.36. The van der Waals surface area contributed by atoms with Gasteiger partial charge in [0.15, 0.2) is 0 Å². The molecule has 0 spiro atoms. The molecule has 1 saturated heterocycles. The molecular weight excluding hydrogens is 459 g/mol. The van der Waals surface area contributed by atoms with Gasteiger partial charge in [0.05, 0.1) is 17.8 Å². The first-order chi connectivity index (χ1) is 16.8. The Morgan fingerprint density at radius 2 is 1.86 bits per heavy atom. The second kappa shape index (κ2) is 9.39. The van der Waals surface area contributed by atoms with Crippen LogP contribution in [0.1, 0.15) is 42.5 Å². The molecule has 7 nitrogen and oxygen atoms in total. The van der Waals surface area contributed by atoms with Crippen molar-refractivity contribution < 1.29 is 22.8 Å². The number of piperidine rings is 1. The van der Waals surface area contributed by atoms with Crippen LogP contribution in [-0.2, 0) is 23.9 Å². The van der Waals surface area contributed by atoms with E-state index in [-0.39, 0.29) is 17.9 Å². The maximum absolute atomic E-state index is 13.3. The molecule has 10 heteroatoms. The molecule has 3 aliphatic rings. The van der Waals surface area contributed by atoms with Crippen LogP contribution in [-0.4, -0.2) is 52.4 Å². The van der Waals surface area contributed by atoms with Gasteiger partial charge in [-0.15, -0.1) is 0 Å². The molecule has 1 saturated carbocycles. The van der Waals surface area contributed by atoms with E-state index in [1.165, 1.54) is 12.3 Å². The Hall–Kier alpha value is -3.30. The molecule has 2 fully saturated rings. The molecular formula is C25H28F3N5O2. The lowest BCUT2D eigenvalue weighted by atomic mass is 9.93. The summed E-state index contributed by atoms with van der Waals surface area (Å²) in [5.74, 6) is -0.125. The number of halogens is 3. The summed E-state index contributed by atoms with van der Waals surface area (Å²) in [6.45, 7) is 2.16. The van der Waals surface area contributed by atoms with Crippen LogP contribution in [0.3, 0.4) is 0 Å². The van der Waals surface area contributed by atoms with Gasteiger partial charge >= 0.3 is 12.2 Å². The Labute approximate surface area is 201 Å². The lowest BCUT2D eigenvalue weighted by Crippen LogP contribution is -2.50. The number of rotatable bonds is 4. The smallest absolute Gasteiger partial charge is 0.354 e. The number of pyridine rings is 1. The predicted molar refractivity (Wildman–Crippen MR) is 124 cm³/mol. The number of benzene rings is 1. The fraction of sp³-hybridized carbons (Fsp3) is 0.480. The summed E-state index contributed by atoms with van der Waals surface area (Å²) in [6, 6.07) is 8.27. The van der Waals surface area contributed by atoms with Crippen molar-refractivity contribution in [1.29, 1.82) is 0 Å². The van der Waals surface area contributed by atoms with Gasteiger partial charge in [-0.05, 0) is 61.4 Å². The quantitative estimate of drug-likeness (QED) is 0.674. The van der Waals surface area contributed by atoms with Gasteiger partial charge in [0.25, 0.3) is 0 Å². The van der Waals surface area contributed by atoms with Crippen molar-refractivity contribution in [2.24, 2.45) is 5.92 Å². The Morgan fingerprint density at radius 3 is 2.57 bits per heavy atom. The molecule has 2 N–H and O–H groups in total. The zero-order valence-corrected chi connectivity index (χ0v) is 19.3. The molecule has 1 atom stereocenters. The summed E-state index contributed by atoms with van der Waals surface area (Å²) >= 11 is 0. The van der Waals surface area contributed by atoms with Gasteiger partial charge in [0, 0.05) is 37.9 Å². The van der Waals surface area contributed by atoms with E-state index in [1.807, 2.05) is 23.1 Å². The minimum atomic E-state index is -4.48. The van der Waals surface area contributed by atoms with E-state index in [4.69, 9.17) is 0 Å². The number of hydrogen-bond donors (Lipinski definition) is 2. The third-order valence-corrected chi connectivity index (χ3v) is 6.87. The van der Waals surface area contributed by atoms with Crippen LogP contribution in [0.2, 0.25) is 0 Å². The molecule has 0 bridgehead atoms. The lowest BCUT2D eigenvalue weighted by molar-refractivity contribution is -0.141. The van der Waals surface area contributed by atoms with E-state index in [9.17, 15) is 22.8 Å². The van der Waals surface area contributed by atoms with Crippen molar-refractivity contribution in [3.05, 3.63) is 53.3 Å². The van der Waals surface area contributed by atoms with Crippen LogP contribution >= 0.6 is 0 Å². The molecule has 186 valence electrons. The summed E-state index contributed by atoms with van der Waals surface area (Å²) in [7, 11) is 0. The largest absolute Gasteiger partial charge is 0.433 e. The summed E-state index contributed by atoms with van der Waals surface area (Å²) < 4.78 is 38.4. The summed E-state index contributed by atoms with van der Waals surface area (Å²) in [4.78, 5) is 32.9. The van der Waals surface area contributed by atoms with Crippen LogP contribution in [0, 0.1) is 5.92 Å². The van der Waals surface area contributed by atoms with E-state index in [0.29, 0.717) is 44.3 Å². The molecule has 2 aromatic rings. The van der Waals surface area contributed by atoms with Gasteiger partial charge in [-0.2, -0.15) is 13.2 Å². The number of nitrogens with zero attached hydrogens (tertiary/aromatic N) is 3. The number of hydrogen-bond acceptors (Lipinski definition) is 4. The average molecular weight is 488 g/mol. The number of fused-ring (bicyclic) bond motifs is 1. The van der Waals surface area contributed by atoms with Crippen molar-refractivity contribution in [1.82, 2.24) is 20.1 Å². The van der Waals surface area contributed by atoms with Crippen molar-refractivity contribution >= 4 is 23.3 Å². The number of nitrogens with one attached hydrogen (secondary N) is 2. The highest BCUT2D eigenvalue weighted by atomic mass is 19.4. The van der Waals surface area contributed by atoms with Crippen molar-refractivity contribution in [2.45, 2.75) is 50.9 Å². The van der Waals surface area contributed by atoms with Gasteiger partial charge in [0.1, 0.15) is 5.69 Å². The fourth-order valence-corrected chi connectivity index (χ4v) is 4.82. The highest BCUT2D eigenvalue weighted by Crippen LogP contribution is 2.32. The molecule has 5 rings (SSSR count). The fourth-order valence-electron chi connectivity index (χ4n) is 4.82. The second-order valence-corrected chi connectivity index (χ2v) is 9.52. The minimum absolute atomic E-state index is 0.0672. The Balaban J connectivity index is 1.23. The van der Waals surface area contributed by atoms with Crippen LogP contribution in [0.5, 0.6) is 0 Å². The van der Waals surface area contributed by atoms with Crippen LogP contribution in [0.15, 0.2) is 36.5 Å². The van der Waals surface area contributed by atoms with Crippen molar-refractivity contribution in [3.63, 3.8) is 0 Å². The number of aromatic nitrogens is 1. The molecule has 0 radical (unpaired) electrons. The van der Waals surface area contributed by atoms with E-state index in [2.05, 4.69) is 15.6 Å². The number of anilines is 2. The minimum Gasteiger partial charge on any atom is -0.354 e. The number of urea groups is 1. The Bertz CT molecular complexity index is 1100. The summed E-state index contributed by atoms with van der Waals surface area (Å²) in [5, 5.41) is 6.18. The number of alkyl halides is 3. The Morgan fingerprint density at radius 1 is 1.03 bits per heavy atom. The van der Waals surface area contributed by atoms with Gasteiger partial charge in [-0.25, -0.2) is 9.78 Å².